The highest BCUT2D eigenvalue weighted by molar-refractivity contribution is 7.80. The first-order chi connectivity index (χ1) is 10.6. The van der Waals surface area contributed by atoms with Gasteiger partial charge in [0.1, 0.15) is 9.57 Å². The fourth-order valence-electron chi connectivity index (χ4n) is 2.56. The maximum atomic E-state index is 10.2. The summed E-state index contributed by atoms with van der Waals surface area (Å²) in [4.78, 5) is 3.63. The first kappa shape index (κ1) is 17.6. The van der Waals surface area contributed by atoms with Gasteiger partial charge in [0.15, 0.2) is 0 Å². The molecular weight excluding hydrogens is 330 g/mol. The minimum absolute atomic E-state index is 0.387. The molecule has 1 aromatic heterocycles. The molecule has 2 rings (SSSR count). The summed E-state index contributed by atoms with van der Waals surface area (Å²) in [7, 11) is 3.38. The number of nitrogens with zero attached hydrogens (tertiary/aromatic N) is 1. The lowest BCUT2D eigenvalue weighted by Crippen LogP contribution is -2.24. The van der Waals surface area contributed by atoms with E-state index in [1.807, 2.05) is 12.1 Å². The van der Waals surface area contributed by atoms with Gasteiger partial charge in [0.2, 0.25) is 0 Å². The second-order valence-corrected chi connectivity index (χ2v) is 8.34. The molecule has 0 amide bonds. The summed E-state index contributed by atoms with van der Waals surface area (Å²) in [5, 5.41) is 10.2. The van der Waals surface area contributed by atoms with E-state index in [0.29, 0.717) is 5.75 Å². The molecule has 0 unspecified atom stereocenters. The van der Waals surface area contributed by atoms with Crippen LogP contribution in [0.2, 0.25) is 0 Å². The molecule has 0 saturated carbocycles. The average molecular weight is 354 g/mol. The molecule has 0 bridgehead atoms. The van der Waals surface area contributed by atoms with Gasteiger partial charge in [-0.15, -0.1) is 0 Å². The van der Waals surface area contributed by atoms with Gasteiger partial charge in [-0.3, -0.25) is 4.90 Å². The van der Waals surface area contributed by atoms with Gasteiger partial charge in [-0.05, 0) is 62.2 Å². The van der Waals surface area contributed by atoms with Gasteiger partial charge in [-0.25, -0.2) is 0 Å². The van der Waals surface area contributed by atoms with Crippen molar-refractivity contribution in [3.8, 4) is 16.2 Å². The van der Waals surface area contributed by atoms with Crippen LogP contribution >= 0.6 is 32.9 Å². The Morgan fingerprint density at radius 3 is 2.36 bits per heavy atom. The van der Waals surface area contributed by atoms with Crippen molar-refractivity contribution >= 4 is 32.9 Å². The van der Waals surface area contributed by atoms with E-state index >= 15 is 0 Å². The van der Waals surface area contributed by atoms with Crippen molar-refractivity contribution in [1.82, 2.24) is 4.90 Å². The van der Waals surface area contributed by atoms with E-state index in [4.69, 9.17) is 12.2 Å². The summed E-state index contributed by atoms with van der Waals surface area (Å²) in [6, 6.07) is 5.92. The van der Waals surface area contributed by atoms with Crippen LogP contribution in [0.5, 0.6) is 5.75 Å². The number of aromatic hydroxyl groups is 1. The number of phenolic OH excluding ortho intramolecular Hbond substituents is 1. The van der Waals surface area contributed by atoms with Gasteiger partial charge in [-0.2, -0.15) is 0 Å². The Bertz CT molecular complexity index is 669. The van der Waals surface area contributed by atoms with Crippen molar-refractivity contribution in [3.05, 3.63) is 33.1 Å². The van der Waals surface area contributed by atoms with Gasteiger partial charge >= 0.3 is 0 Å². The third-order valence-electron chi connectivity index (χ3n) is 3.66. The second kappa shape index (κ2) is 8.20. The lowest BCUT2D eigenvalue weighted by atomic mass is 10.1. The van der Waals surface area contributed by atoms with Crippen molar-refractivity contribution in [2.24, 2.45) is 0 Å². The predicted molar refractivity (Wildman–Crippen MR) is 101 cm³/mol. The monoisotopic (exact) mass is 353 g/mol. The highest BCUT2D eigenvalue weighted by Gasteiger charge is 2.12. The number of hydrogen-bond donors (Lipinski definition) is 1. The Hall–Kier alpha value is -0.750. The molecule has 0 fully saturated rings. The van der Waals surface area contributed by atoms with Crippen LogP contribution in [0.15, 0.2) is 18.2 Å². The smallest absolute Gasteiger partial charge is 0.120 e. The van der Waals surface area contributed by atoms with Crippen LogP contribution in [0.25, 0.3) is 10.4 Å². The maximum Gasteiger partial charge on any atom is 0.120 e. The van der Waals surface area contributed by atoms with E-state index in [1.54, 1.807) is 20.7 Å². The van der Waals surface area contributed by atoms with Gasteiger partial charge in [0.25, 0.3) is 0 Å². The van der Waals surface area contributed by atoms with E-state index in [2.05, 4.69) is 31.7 Å². The first-order valence-corrected chi connectivity index (χ1v) is 10.3. The summed E-state index contributed by atoms with van der Waals surface area (Å²) in [6.07, 6.45) is 2.26. The molecule has 1 aromatic carbocycles. The highest BCUT2D eigenvalue weighted by Crippen LogP contribution is 2.36. The van der Waals surface area contributed by atoms with Gasteiger partial charge in [-0.1, -0.05) is 46.7 Å². The SMILES string of the molecule is CCCN(CCC)Cc1cc(-c2ssc(=S)c2C)ccc1O. The Kier molecular flexibility index (Phi) is 6.56. The Balaban J connectivity index is 2.30. The Morgan fingerprint density at radius 2 is 1.82 bits per heavy atom. The van der Waals surface area contributed by atoms with Crippen molar-refractivity contribution < 1.29 is 5.11 Å². The van der Waals surface area contributed by atoms with E-state index in [1.165, 1.54) is 10.4 Å². The summed E-state index contributed by atoms with van der Waals surface area (Å²) < 4.78 is 0.966. The Labute approximate surface area is 145 Å². The van der Waals surface area contributed by atoms with Crippen LogP contribution in [0.4, 0.5) is 0 Å². The van der Waals surface area contributed by atoms with Gasteiger partial charge < -0.3 is 5.11 Å². The molecule has 0 aliphatic rings. The Morgan fingerprint density at radius 1 is 1.14 bits per heavy atom. The first-order valence-electron chi connectivity index (χ1n) is 7.71. The molecule has 0 atom stereocenters. The topological polar surface area (TPSA) is 23.5 Å². The molecule has 22 heavy (non-hydrogen) atoms. The lowest BCUT2D eigenvalue weighted by molar-refractivity contribution is 0.263. The summed E-state index contributed by atoms with van der Waals surface area (Å²) in [5.74, 6) is 0.387. The van der Waals surface area contributed by atoms with Gasteiger partial charge in [0.05, 0.1) is 4.88 Å². The third kappa shape index (κ3) is 4.16. The normalized spacial score (nSPS) is 11.3. The summed E-state index contributed by atoms with van der Waals surface area (Å²) in [6.45, 7) is 9.40. The largest absolute Gasteiger partial charge is 0.508 e. The van der Waals surface area contributed by atoms with Crippen LogP contribution < -0.4 is 0 Å². The number of hydrogen-bond acceptors (Lipinski definition) is 5. The molecule has 1 N–H and O–H groups in total. The molecule has 1 heterocycles. The minimum Gasteiger partial charge on any atom is -0.508 e. The van der Waals surface area contributed by atoms with E-state index < -0.39 is 0 Å². The van der Waals surface area contributed by atoms with Crippen LogP contribution in [0, 0.1) is 10.7 Å². The molecular formula is C17H23NOS3. The van der Waals surface area contributed by atoms with Crippen LogP contribution in [-0.4, -0.2) is 23.1 Å². The number of rotatable bonds is 7. The standard InChI is InChI=1S/C17H23NOS3/c1-4-8-18(9-5-2)11-14-10-13(6-7-15(14)19)16-12(3)17(20)22-21-16/h6-7,10,19H,4-5,8-9,11H2,1-3H3. The zero-order valence-electron chi connectivity index (χ0n) is 13.4. The van der Waals surface area contributed by atoms with Crippen molar-refractivity contribution in [2.75, 3.05) is 13.1 Å². The molecule has 2 nitrogen and oxygen atoms in total. The number of phenols is 1. The van der Waals surface area contributed by atoms with Crippen molar-refractivity contribution in [1.29, 1.82) is 0 Å². The lowest BCUT2D eigenvalue weighted by Gasteiger charge is -2.21. The summed E-state index contributed by atoms with van der Waals surface area (Å²) in [5.41, 5.74) is 3.35. The zero-order chi connectivity index (χ0) is 16.1. The molecule has 0 aliphatic carbocycles. The van der Waals surface area contributed by atoms with Gasteiger partial charge in [0, 0.05) is 12.1 Å². The summed E-state index contributed by atoms with van der Waals surface area (Å²) >= 11 is 5.34. The van der Waals surface area contributed by atoms with Crippen LogP contribution in [0.3, 0.4) is 0 Å². The van der Waals surface area contributed by atoms with E-state index in [0.717, 1.165) is 47.4 Å². The number of benzene rings is 1. The molecule has 2 aromatic rings. The maximum absolute atomic E-state index is 10.2. The van der Waals surface area contributed by atoms with E-state index in [-0.39, 0.29) is 0 Å². The zero-order valence-corrected chi connectivity index (χ0v) is 15.8. The molecule has 0 aliphatic heterocycles. The highest BCUT2D eigenvalue weighted by atomic mass is 32.9. The quantitative estimate of drug-likeness (QED) is 0.499. The van der Waals surface area contributed by atoms with Crippen molar-refractivity contribution in [2.45, 2.75) is 40.2 Å². The molecule has 0 spiro atoms. The molecule has 120 valence electrons. The molecule has 0 saturated heterocycles. The van der Waals surface area contributed by atoms with Crippen LogP contribution in [-0.2, 0) is 6.54 Å². The van der Waals surface area contributed by atoms with Crippen LogP contribution in [0.1, 0.15) is 37.8 Å². The average Bonchev–Trinajstić information content (AvgIpc) is 2.82. The predicted octanol–water partition coefficient (Wildman–Crippen LogP) is 5.84. The fraction of sp³-hybridized carbons (Fsp3) is 0.471. The minimum atomic E-state index is 0.387. The third-order valence-corrected chi connectivity index (χ3v) is 7.03. The van der Waals surface area contributed by atoms with E-state index in [9.17, 15) is 5.11 Å². The second-order valence-electron chi connectivity index (χ2n) is 5.53. The fourth-order valence-corrected chi connectivity index (χ4v) is 5.45. The molecule has 5 heteroatoms. The molecule has 0 radical (unpaired) electrons. The van der Waals surface area contributed by atoms with Crippen molar-refractivity contribution in [3.63, 3.8) is 0 Å².